The Kier molecular flexibility index (Phi) is 4.02. The van der Waals surface area contributed by atoms with E-state index in [1.807, 2.05) is 6.92 Å². The summed E-state index contributed by atoms with van der Waals surface area (Å²) in [6.07, 6.45) is 1.95. The van der Waals surface area contributed by atoms with Crippen LogP contribution in [0.15, 0.2) is 18.2 Å². The monoisotopic (exact) mass is 257 g/mol. The van der Waals surface area contributed by atoms with Crippen LogP contribution in [0.25, 0.3) is 0 Å². The third-order valence-electron chi connectivity index (χ3n) is 3.24. The Hall–Kier alpha value is -0.640. The summed E-state index contributed by atoms with van der Waals surface area (Å²) in [4.78, 5) is 0. The van der Waals surface area contributed by atoms with Crippen LogP contribution in [0.2, 0.25) is 5.02 Å². The van der Waals surface area contributed by atoms with Gasteiger partial charge in [-0.25, -0.2) is 4.39 Å². The van der Waals surface area contributed by atoms with Gasteiger partial charge in [0.25, 0.3) is 0 Å². The van der Waals surface area contributed by atoms with Crippen LogP contribution in [0.4, 0.5) is 4.39 Å². The third kappa shape index (κ3) is 3.41. The molecule has 94 valence electrons. The second-order valence-corrected chi connectivity index (χ2v) is 5.12. The van der Waals surface area contributed by atoms with Gasteiger partial charge in [-0.1, -0.05) is 17.7 Å². The van der Waals surface area contributed by atoms with Crippen molar-refractivity contribution in [3.05, 3.63) is 34.6 Å². The molecule has 1 aromatic carbocycles. The molecule has 0 bridgehead atoms. The van der Waals surface area contributed by atoms with Crippen LogP contribution in [0.1, 0.15) is 31.4 Å². The van der Waals surface area contributed by atoms with Gasteiger partial charge in [-0.05, 0) is 43.4 Å². The quantitative estimate of drug-likeness (QED) is 0.850. The topological polar surface area (TPSA) is 32.3 Å². The Bertz CT molecular complexity index is 395. The van der Waals surface area contributed by atoms with Gasteiger partial charge in [0.15, 0.2) is 0 Å². The van der Waals surface area contributed by atoms with Crippen molar-refractivity contribution < 1.29 is 9.50 Å². The number of benzene rings is 1. The standard InChI is InChI=1S/C13H17ClFNO/c1-8(16-7-13(17)9-2-3-9)10-4-5-11(14)12(15)6-10/h4-6,8-9,13,16-17H,2-3,7H2,1H3. The SMILES string of the molecule is CC(NCC(O)C1CC1)c1ccc(Cl)c(F)c1. The van der Waals surface area contributed by atoms with Crippen molar-refractivity contribution >= 4 is 11.6 Å². The lowest BCUT2D eigenvalue weighted by Crippen LogP contribution is -2.30. The van der Waals surface area contributed by atoms with Gasteiger partial charge in [0.2, 0.25) is 0 Å². The number of nitrogens with one attached hydrogen (secondary N) is 1. The van der Waals surface area contributed by atoms with E-state index in [-0.39, 0.29) is 17.2 Å². The smallest absolute Gasteiger partial charge is 0.142 e. The lowest BCUT2D eigenvalue weighted by atomic mass is 10.1. The molecule has 0 spiro atoms. The Morgan fingerprint density at radius 1 is 1.53 bits per heavy atom. The minimum atomic E-state index is -0.402. The van der Waals surface area contributed by atoms with Crippen molar-refractivity contribution in [3.63, 3.8) is 0 Å². The molecule has 0 radical (unpaired) electrons. The van der Waals surface area contributed by atoms with Crippen LogP contribution < -0.4 is 5.32 Å². The van der Waals surface area contributed by atoms with Gasteiger partial charge in [0.05, 0.1) is 11.1 Å². The maximum atomic E-state index is 13.3. The Morgan fingerprint density at radius 2 is 2.24 bits per heavy atom. The first-order valence-electron chi connectivity index (χ1n) is 5.94. The highest BCUT2D eigenvalue weighted by molar-refractivity contribution is 6.30. The highest BCUT2D eigenvalue weighted by Crippen LogP contribution is 2.32. The predicted molar refractivity (Wildman–Crippen MR) is 66.6 cm³/mol. The maximum Gasteiger partial charge on any atom is 0.142 e. The van der Waals surface area contributed by atoms with Crippen molar-refractivity contribution in [2.75, 3.05) is 6.54 Å². The predicted octanol–water partition coefficient (Wildman–Crippen LogP) is 2.90. The minimum Gasteiger partial charge on any atom is -0.392 e. The van der Waals surface area contributed by atoms with Crippen molar-refractivity contribution in [1.82, 2.24) is 5.32 Å². The molecule has 2 N–H and O–H groups in total. The van der Waals surface area contributed by atoms with Gasteiger partial charge in [-0.3, -0.25) is 0 Å². The molecule has 2 rings (SSSR count). The summed E-state index contributed by atoms with van der Waals surface area (Å²) >= 11 is 5.63. The first-order valence-corrected chi connectivity index (χ1v) is 6.32. The number of aliphatic hydroxyl groups excluding tert-OH is 1. The Morgan fingerprint density at radius 3 is 2.82 bits per heavy atom. The summed E-state index contributed by atoms with van der Waals surface area (Å²) in [5.74, 6) is 0.0530. The molecule has 0 amide bonds. The van der Waals surface area contributed by atoms with Crippen LogP contribution in [0.3, 0.4) is 0 Å². The highest BCUT2D eigenvalue weighted by atomic mass is 35.5. The Balaban J connectivity index is 1.89. The molecule has 0 heterocycles. The molecule has 1 aromatic rings. The van der Waals surface area contributed by atoms with Crippen LogP contribution in [0, 0.1) is 11.7 Å². The fourth-order valence-electron chi connectivity index (χ4n) is 1.84. The molecule has 1 aliphatic rings. The van der Waals surface area contributed by atoms with Gasteiger partial charge in [0, 0.05) is 12.6 Å². The van der Waals surface area contributed by atoms with E-state index in [4.69, 9.17) is 11.6 Å². The minimum absolute atomic E-state index is 0.00941. The number of hydrogen-bond donors (Lipinski definition) is 2. The summed E-state index contributed by atoms with van der Waals surface area (Å²) in [7, 11) is 0. The molecular weight excluding hydrogens is 241 g/mol. The summed E-state index contributed by atoms with van der Waals surface area (Å²) < 4.78 is 13.3. The van der Waals surface area contributed by atoms with E-state index in [0.717, 1.165) is 18.4 Å². The highest BCUT2D eigenvalue weighted by Gasteiger charge is 2.29. The first-order chi connectivity index (χ1) is 8.08. The number of rotatable bonds is 5. The van der Waals surface area contributed by atoms with E-state index in [1.165, 1.54) is 6.07 Å². The number of aliphatic hydroxyl groups is 1. The molecule has 1 aliphatic carbocycles. The zero-order valence-electron chi connectivity index (χ0n) is 9.79. The van der Waals surface area contributed by atoms with Gasteiger partial charge < -0.3 is 10.4 Å². The first kappa shape index (κ1) is 12.8. The molecule has 2 atom stereocenters. The summed E-state index contributed by atoms with van der Waals surface area (Å²) in [6, 6.07) is 4.80. The lowest BCUT2D eigenvalue weighted by Gasteiger charge is -2.17. The molecule has 0 aliphatic heterocycles. The fraction of sp³-hybridized carbons (Fsp3) is 0.538. The average Bonchev–Trinajstić information content (AvgIpc) is 3.13. The molecule has 4 heteroatoms. The van der Waals surface area contributed by atoms with Crippen molar-refractivity contribution in [1.29, 1.82) is 0 Å². The van der Waals surface area contributed by atoms with E-state index in [0.29, 0.717) is 12.5 Å². The van der Waals surface area contributed by atoms with Gasteiger partial charge >= 0.3 is 0 Å². The fourth-order valence-corrected chi connectivity index (χ4v) is 1.96. The lowest BCUT2D eigenvalue weighted by molar-refractivity contribution is 0.145. The summed E-state index contributed by atoms with van der Waals surface area (Å²) in [5.41, 5.74) is 0.842. The molecule has 17 heavy (non-hydrogen) atoms. The molecular formula is C13H17ClFNO. The van der Waals surface area contributed by atoms with Gasteiger partial charge in [-0.2, -0.15) is 0 Å². The molecule has 1 fully saturated rings. The van der Waals surface area contributed by atoms with Crippen LogP contribution >= 0.6 is 11.6 Å². The van der Waals surface area contributed by atoms with Crippen LogP contribution in [0.5, 0.6) is 0 Å². The molecule has 1 saturated carbocycles. The molecule has 0 saturated heterocycles. The van der Waals surface area contributed by atoms with E-state index >= 15 is 0 Å². The van der Waals surface area contributed by atoms with E-state index in [9.17, 15) is 9.50 Å². The van der Waals surface area contributed by atoms with E-state index < -0.39 is 5.82 Å². The van der Waals surface area contributed by atoms with E-state index in [1.54, 1.807) is 12.1 Å². The van der Waals surface area contributed by atoms with Gasteiger partial charge in [0.1, 0.15) is 5.82 Å². The molecule has 2 nitrogen and oxygen atoms in total. The maximum absolute atomic E-state index is 13.3. The van der Waals surface area contributed by atoms with Crippen LogP contribution in [-0.2, 0) is 0 Å². The van der Waals surface area contributed by atoms with Gasteiger partial charge in [-0.15, -0.1) is 0 Å². The molecule has 0 aromatic heterocycles. The zero-order valence-corrected chi connectivity index (χ0v) is 10.5. The summed E-state index contributed by atoms with van der Waals surface area (Å²) in [5, 5.41) is 13.1. The Labute approximate surface area is 106 Å². The van der Waals surface area contributed by atoms with E-state index in [2.05, 4.69) is 5.32 Å². The normalized spacial score (nSPS) is 19.1. The molecule has 2 unspecified atom stereocenters. The number of hydrogen-bond acceptors (Lipinski definition) is 2. The van der Waals surface area contributed by atoms with Crippen molar-refractivity contribution in [3.8, 4) is 0 Å². The zero-order chi connectivity index (χ0) is 12.4. The average molecular weight is 258 g/mol. The second-order valence-electron chi connectivity index (χ2n) is 4.71. The third-order valence-corrected chi connectivity index (χ3v) is 3.55. The van der Waals surface area contributed by atoms with Crippen molar-refractivity contribution in [2.24, 2.45) is 5.92 Å². The van der Waals surface area contributed by atoms with Crippen molar-refractivity contribution in [2.45, 2.75) is 31.9 Å². The van der Waals surface area contributed by atoms with Crippen LogP contribution in [-0.4, -0.2) is 17.8 Å². The largest absolute Gasteiger partial charge is 0.392 e. The number of halogens is 2. The second kappa shape index (κ2) is 5.34. The summed E-state index contributed by atoms with van der Waals surface area (Å²) in [6.45, 7) is 2.50.